The van der Waals surface area contributed by atoms with Gasteiger partial charge in [-0.3, -0.25) is 0 Å². The van der Waals surface area contributed by atoms with Crippen molar-refractivity contribution in [1.82, 2.24) is 0 Å². The maximum Gasteiger partial charge on any atom is 0.0517 e. The Hall–Kier alpha value is -0.0800. The molecule has 1 aliphatic rings. The molecule has 0 saturated carbocycles. The van der Waals surface area contributed by atoms with Gasteiger partial charge in [-0.1, -0.05) is 27.7 Å². The van der Waals surface area contributed by atoms with Crippen molar-refractivity contribution in [3.63, 3.8) is 0 Å². The first kappa shape index (κ1) is 14.4. The lowest BCUT2D eigenvalue weighted by Crippen LogP contribution is -2.06. The minimum absolute atomic E-state index is 0.667. The lowest BCUT2D eigenvalue weighted by Gasteiger charge is -2.02. The molecule has 1 aliphatic heterocycles. The molecule has 0 aromatic carbocycles. The first-order valence-electron chi connectivity index (χ1n) is 5.00. The molecule has 1 fully saturated rings. The zero-order valence-corrected chi connectivity index (χ0v) is 9.22. The molecule has 0 spiro atoms. The van der Waals surface area contributed by atoms with Crippen LogP contribution in [0.1, 0.15) is 34.1 Å². The summed E-state index contributed by atoms with van der Waals surface area (Å²) in [6.45, 7) is 10.7. The van der Waals surface area contributed by atoms with Crippen LogP contribution in [0.4, 0.5) is 0 Å². The number of methoxy groups -OCH3 is 1. The SMILES string of the molecule is CC.CC.COCC1CCOC1. The summed E-state index contributed by atoms with van der Waals surface area (Å²) < 4.78 is 10.1. The van der Waals surface area contributed by atoms with Crippen LogP contribution < -0.4 is 0 Å². The van der Waals surface area contributed by atoms with E-state index < -0.39 is 0 Å². The van der Waals surface area contributed by atoms with Crippen molar-refractivity contribution in [3.8, 4) is 0 Å². The third-order valence-corrected chi connectivity index (χ3v) is 1.43. The van der Waals surface area contributed by atoms with Gasteiger partial charge in [0, 0.05) is 19.6 Å². The van der Waals surface area contributed by atoms with Crippen LogP contribution in [0.3, 0.4) is 0 Å². The number of hydrogen-bond acceptors (Lipinski definition) is 2. The summed E-state index contributed by atoms with van der Waals surface area (Å²) in [4.78, 5) is 0. The molecule has 1 atom stereocenters. The lowest BCUT2D eigenvalue weighted by molar-refractivity contribution is 0.129. The van der Waals surface area contributed by atoms with E-state index in [9.17, 15) is 0 Å². The van der Waals surface area contributed by atoms with E-state index in [-0.39, 0.29) is 0 Å². The quantitative estimate of drug-likeness (QED) is 0.644. The van der Waals surface area contributed by atoms with Crippen molar-refractivity contribution in [2.24, 2.45) is 5.92 Å². The third-order valence-electron chi connectivity index (χ3n) is 1.43. The van der Waals surface area contributed by atoms with E-state index in [4.69, 9.17) is 9.47 Å². The average Bonchev–Trinajstić information content (AvgIpc) is 2.65. The fourth-order valence-corrected chi connectivity index (χ4v) is 0.950. The van der Waals surface area contributed by atoms with Crippen LogP contribution in [-0.4, -0.2) is 26.9 Å². The zero-order valence-electron chi connectivity index (χ0n) is 9.22. The van der Waals surface area contributed by atoms with Gasteiger partial charge in [0.25, 0.3) is 0 Å². The minimum Gasteiger partial charge on any atom is -0.384 e. The maximum absolute atomic E-state index is 5.13. The van der Waals surface area contributed by atoms with Gasteiger partial charge in [0.2, 0.25) is 0 Å². The highest BCUT2D eigenvalue weighted by Gasteiger charge is 2.14. The Bertz CT molecular complexity index is 58.9. The van der Waals surface area contributed by atoms with E-state index in [0.717, 1.165) is 19.8 Å². The Morgan fingerprint density at radius 2 is 1.83 bits per heavy atom. The van der Waals surface area contributed by atoms with E-state index >= 15 is 0 Å². The van der Waals surface area contributed by atoms with Gasteiger partial charge >= 0.3 is 0 Å². The molecule has 1 saturated heterocycles. The van der Waals surface area contributed by atoms with Gasteiger partial charge in [-0.05, 0) is 6.42 Å². The lowest BCUT2D eigenvalue weighted by atomic mass is 10.1. The molecule has 0 amide bonds. The van der Waals surface area contributed by atoms with Crippen LogP contribution in [0, 0.1) is 5.92 Å². The summed E-state index contributed by atoms with van der Waals surface area (Å²) in [5.41, 5.74) is 0. The summed E-state index contributed by atoms with van der Waals surface area (Å²) in [6.07, 6.45) is 1.17. The Balaban J connectivity index is 0. The third kappa shape index (κ3) is 8.02. The summed E-state index contributed by atoms with van der Waals surface area (Å²) >= 11 is 0. The van der Waals surface area contributed by atoms with Crippen LogP contribution in [0.5, 0.6) is 0 Å². The van der Waals surface area contributed by atoms with Crippen LogP contribution in [0.2, 0.25) is 0 Å². The highest BCUT2D eigenvalue weighted by atomic mass is 16.5. The van der Waals surface area contributed by atoms with Crippen molar-refractivity contribution < 1.29 is 9.47 Å². The highest BCUT2D eigenvalue weighted by molar-refractivity contribution is 4.61. The predicted octanol–water partition coefficient (Wildman–Crippen LogP) is 2.72. The van der Waals surface area contributed by atoms with E-state index in [1.807, 2.05) is 27.7 Å². The van der Waals surface area contributed by atoms with Crippen LogP contribution in [-0.2, 0) is 9.47 Å². The summed E-state index contributed by atoms with van der Waals surface area (Å²) in [6, 6.07) is 0. The fraction of sp³-hybridized carbons (Fsp3) is 1.00. The predicted molar refractivity (Wildman–Crippen MR) is 53.5 cm³/mol. The van der Waals surface area contributed by atoms with E-state index in [2.05, 4.69) is 0 Å². The molecule has 1 unspecified atom stereocenters. The zero-order chi connectivity index (χ0) is 9.82. The van der Waals surface area contributed by atoms with Crippen LogP contribution >= 0.6 is 0 Å². The van der Waals surface area contributed by atoms with Crippen molar-refractivity contribution in [2.75, 3.05) is 26.9 Å². The highest BCUT2D eigenvalue weighted by Crippen LogP contribution is 2.11. The Morgan fingerprint density at radius 1 is 1.25 bits per heavy atom. The van der Waals surface area contributed by atoms with Gasteiger partial charge in [0.05, 0.1) is 13.2 Å². The van der Waals surface area contributed by atoms with Crippen LogP contribution in [0.25, 0.3) is 0 Å². The van der Waals surface area contributed by atoms with Crippen LogP contribution in [0.15, 0.2) is 0 Å². The second-order valence-corrected chi connectivity index (χ2v) is 2.18. The second-order valence-electron chi connectivity index (χ2n) is 2.18. The maximum atomic E-state index is 5.13. The molecule has 0 bridgehead atoms. The second kappa shape index (κ2) is 13.5. The molecule has 1 heterocycles. The normalized spacial score (nSPS) is 20.2. The molecule has 2 heteroatoms. The van der Waals surface area contributed by atoms with Gasteiger partial charge in [-0.15, -0.1) is 0 Å². The van der Waals surface area contributed by atoms with Crippen molar-refractivity contribution in [2.45, 2.75) is 34.1 Å². The van der Waals surface area contributed by atoms with Crippen molar-refractivity contribution >= 4 is 0 Å². The topological polar surface area (TPSA) is 18.5 Å². The number of hydrogen-bond donors (Lipinski definition) is 0. The van der Waals surface area contributed by atoms with E-state index in [1.54, 1.807) is 7.11 Å². The molecule has 1 rings (SSSR count). The minimum atomic E-state index is 0.667. The largest absolute Gasteiger partial charge is 0.384 e. The van der Waals surface area contributed by atoms with E-state index in [0.29, 0.717) is 5.92 Å². The smallest absolute Gasteiger partial charge is 0.0517 e. The van der Waals surface area contributed by atoms with Gasteiger partial charge in [-0.25, -0.2) is 0 Å². The Morgan fingerprint density at radius 3 is 2.17 bits per heavy atom. The number of ether oxygens (including phenoxy) is 2. The van der Waals surface area contributed by atoms with Crippen molar-refractivity contribution in [1.29, 1.82) is 0 Å². The molecule has 0 aliphatic carbocycles. The standard InChI is InChI=1S/C6H12O2.2C2H6/c1-7-4-6-2-3-8-5-6;2*1-2/h6H,2-5H2,1H3;2*1-2H3. The molecule has 76 valence electrons. The molecule has 0 radical (unpaired) electrons. The van der Waals surface area contributed by atoms with Gasteiger partial charge in [0.15, 0.2) is 0 Å². The summed E-state index contributed by atoms with van der Waals surface area (Å²) in [5.74, 6) is 0.667. The first-order chi connectivity index (χ1) is 5.93. The monoisotopic (exact) mass is 176 g/mol. The Kier molecular flexibility index (Phi) is 16.3. The average molecular weight is 176 g/mol. The summed E-state index contributed by atoms with van der Waals surface area (Å²) in [5, 5.41) is 0. The molecule has 0 aromatic heterocycles. The van der Waals surface area contributed by atoms with Gasteiger partial charge in [0.1, 0.15) is 0 Å². The van der Waals surface area contributed by atoms with Gasteiger partial charge < -0.3 is 9.47 Å². The summed E-state index contributed by atoms with van der Waals surface area (Å²) in [7, 11) is 1.73. The molecule has 0 N–H and O–H groups in total. The molecular weight excluding hydrogens is 152 g/mol. The fourth-order valence-electron chi connectivity index (χ4n) is 0.950. The van der Waals surface area contributed by atoms with E-state index in [1.165, 1.54) is 6.42 Å². The molecule has 2 nitrogen and oxygen atoms in total. The number of rotatable bonds is 2. The molecule has 12 heavy (non-hydrogen) atoms. The van der Waals surface area contributed by atoms with Crippen molar-refractivity contribution in [3.05, 3.63) is 0 Å². The van der Waals surface area contributed by atoms with Gasteiger partial charge in [-0.2, -0.15) is 0 Å². The molecular formula is C10H24O2. The Labute approximate surface area is 77.3 Å². The first-order valence-corrected chi connectivity index (χ1v) is 5.00. The molecule has 0 aromatic rings.